The van der Waals surface area contributed by atoms with E-state index in [-0.39, 0.29) is 21.7 Å². The molecule has 0 aliphatic carbocycles. The summed E-state index contributed by atoms with van der Waals surface area (Å²) in [4.78, 5) is 2.56. The van der Waals surface area contributed by atoms with Crippen LogP contribution in [-0.2, 0) is 21.7 Å². The minimum atomic E-state index is -0.0970. The van der Waals surface area contributed by atoms with Crippen LogP contribution in [0.15, 0.2) is 182 Å². The zero-order valence-electron chi connectivity index (χ0n) is 43.2. The quantitative estimate of drug-likeness (QED) is 0.151. The summed E-state index contributed by atoms with van der Waals surface area (Å²) in [6, 6.07) is 69.4. The highest BCUT2D eigenvalue weighted by Gasteiger charge is 2.28. The van der Waals surface area contributed by atoms with E-state index in [1.807, 2.05) is 0 Å². The molecule has 0 amide bonds. The third-order valence-electron chi connectivity index (χ3n) is 15.0. The van der Waals surface area contributed by atoms with Gasteiger partial charge in [-0.25, -0.2) is 0 Å². The van der Waals surface area contributed by atoms with Crippen molar-refractivity contribution >= 4 is 71.2 Å². The summed E-state index contributed by atoms with van der Waals surface area (Å²) in [6.45, 7) is 28.0. The van der Waals surface area contributed by atoms with Crippen LogP contribution in [0.2, 0.25) is 0 Å². The van der Waals surface area contributed by atoms with Crippen LogP contribution in [0.5, 0.6) is 0 Å². The van der Waals surface area contributed by atoms with Crippen LogP contribution in [0.3, 0.4) is 0 Å². The van der Waals surface area contributed by atoms with Crippen LogP contribution in [0.25, 0.3) is 82.1 Å². The maximum absolute atomic E-state index is 2.56. The van der Waals surface area contributed by atoms with Gasteiger partial charge in [0, 0.05) is 32.8 Å². The van der Waals surface area contributed by atoms with Crippen LogP contribution < -0.4 is 4.90 Å². The summed E-state index contributed by atoms with van der Waals surface area (Å²) in [6.07, 6.45) is 0. The molecule has 11 rings (SSSR count). The van der Waals surface area contributed by atoms with Gasteiger partial charge in [0.15, 0.2) is 0 Å². The van der Waals surface area contributed by atoms with Gasteiger partial charge in [-0.2, -0.15) is 0 Å². The van der Waals surface area contributed by atoms with E-state index >= 15 is 0 Å². The topological polar surface area (TPSA) is 8.17 Å². The highest BCUT2D eigenvalue weighted by atomic mass is 15.1. The molecule has 0 N–H and O–H groups in total. The van der Waals surface area contributed by atoms with E-state index in [0.717, 1.165) is 17.1 Å². The first-order valence-electron chi connectivity index (χ1n) is 25.3. The minimum absolute atomic E-state index is 0.0234. The Morgan fingerprint density at radius 2 is 0.814 bits per heavy atom. The average Bonchev–Trinajstić information content (AvgIpc) is 3.66. The molecule has 348 valence electrons. The molecule has 0 saturated carbocycles. The van der Waals surface area contributed by atoms with Gasteiger partial charge in [-0.15, -0.1) is 0 Å². The largest absolute Gasteiger partial charge is 0.309 e. The number of hydrogen-bond acceptors (Lipinski definition) is 1. The fraction of sp³-hybridized carbons (Fsp3) is 0.235. The van der Waals surface area contributed by atoms with E-state index in [1.54, 1.807) is 0 Å². The number of fused-ring (bicyclic) bond motifs is 3. The lowest BCUT2D eigenvalue weighted by atomic mass is 9.77. The van der Waals surface area contributed by atoms with Crippen LogP contribution in [-0.4, -0.2) is 4.57 Å². The van der Waals surface area contributed by atoms with Gasteiger partial charge in [-0.1, -0.05) is 217 Å². The Bertz CT molecular complexity index is 3710. The van der Waals surface area contributed by atoms with Crippen LogP contribution in [0, 0.1) is 0 Å². The van der Waals surface area contributed by atoms with Crippen LogP contribution in [0.4, 0.5) is 17.1 Å². The van der Waals surface area contributed by atoms with Gasteiger partial charge in [-0.05, 0) is 131 Å². The van der Waals surface area contributed by atoms with Crippen LogP contribution >= 0.6 is 0 Å². The van der Waals surface area contributed by atoms with Gasteiger partial charge in [-0.3, -0.25) is 0 Å². The molecule has 0 atom stereocenters. The normalized spacial score (nSPS) is 12.9. The summed E-state index contributed by atoms with van der Waals surface area (Å²) in [7, 11) is 0. The van der Waals surface area contributed by atoms with E-state index in [0.29, 0.717) is 0 Å². The van der Waals surface area contributed by atoms with Gasteiger partial charge >= 0.3 is 0 Å². The molecular weight excluding hydrogens is 845 g/mol. The van der Waals surface area contributed by atoms with Crippen molar-refractivity contribution in [2.75, 3.05) is 4.90 Å². The molecule has 0 bridgehead atoms. The van der Waals surface area contributed by atoms with Crippen molar-refractivity contribution in [2.45, 2.75) is 105 Å². The molecular formula is C68H66N2. The second-order valence-electron chi connectivity index (χ2n) is 23.9. The fourth-order valence-corrected chi connectivity index (χ4v) is 10.9. The Labute approximate surface area is 415 Å². The molecule has 1 heterocycles. The molecule has 0 saturated heterocycles. The number of aromatic nitrogens is 1. The molecule has 0 aliphatic heterocycles. The number of anilines is 3. The van der Waals surface area contributed by atoms with E-state index in [9.17, 15) is 0 Å². The fourth-order valence-electron chi connectivity index (χ4n) is 10.9. The predicted molar refractivity (Wildman–Crippen MR) is 305 cm³/mol. The molecule has 11 aromatic rings. The third-order valence-corrected chi connectivity index (χ3v) is 15.0. The van der Waals surface area contributed by atoms with Crippen LogP contribution in [0.1, 0.15) is 105 Å². The second kappa shape index (κ2) is 16.2. The summed E-state index contributed by atoms with van der Waals surface area (Å²) < 4.78 is 2.48. The SMILES string of the molecule is CC(C)(C)c1cc(-c2ccc(C(C)(C)C)cc2-c2ccc(C(C)(C)C)cc2N(c2ccccc2)c2ccc3ccc4c(-n5c6ccccc6c6ccccc65)ccc5ccc2c3c54)cc(C(C)(C)C)c1. The van der Waals surface area contributed by atoms with Crippen molar-refractivity contribution in [3.8, 4) is 27.9 Å². The molecule has 70 heavy (non-hydrogen) atoms. The Morgan fingerprint density at radius 3 is 1.40 bits per heavy atom. The third kappa shape index (κ3) is 7.64. The Balaban J connectivity index is 1.22. The Kier molecular flexibility index (Phi) is 10.5. The number of para-hydroxylation sites is 3. The van der Waals surface area contributed by atoms with Crippen molar-refractivity contribution < 1.29 is 0 Å². The highest BCUT2D eigenvalue weighted by Crippen LogP contribution is 2.50. The van der Waals surface area contributed by atoms with Crippen molar-refractivity contribution in [3.05, 3.63) is 204 Å². The Morgan fingerprint density at radius 1 is 0.329 bits per heavy atom. The van der Waals surface area contributed by atoms with E-state index < -0.39 is 0 Å². The second-order valence-corrected chi connectivity index (χ2v) is 23.9. The smallest absolute Gasteiger partial charge is 0.0543 e. The van der Waals surface area contributed by atoms with E-state index in [1.165, 1.54) is 104 Å². The number of rotatable bonds is 6. The molecule has 2 nitrogen and oxygen atoms in total. The summed E-state index contributed by atoms with van der Waals surface area (Å²) in [5.41, 5.74) is 17.1. The maximum Gasteiger partial charge on any atom is 0.0543 e. The van der Waals surface area contributed by atoms with Gasteiger partial charge < -0.3 is 9.47 Å². The average molecular weight is 911 g/mol. The van der Waals surface area contributed by atoms with E-state index in [2.05, 4.69) is 275 Å². The first-order chi connectivity index (χ1) is 33.3. The van der Waals surface area contributed by atoms with Gasteiger partial charge in [0.1, 0.15) is 0 Å². The van der Waals surface area contributed by atoms with Gasteiger partial charge in [0.2, 0.25) is 0 Å². The summed E-state index contributed by atoms with van der Waals surface area (Å²) in [5, 5.41) is 10.1. The monoisotopic (exact) mass is 911 g/mol. The molecule has 0 unspecified atom stereocenters. The first kappa shape index (κ1) is 45.3. The minimum Gasteiger partial charge on any atom is -0.309 e. The lowest BCUT2D eigenvalue weighted by Crippen LogP contribution is -2.17. The summed E-state index contributed by atoms with van der Waals surface area (Å²) >= 11 is 0. The number of hydrogen-bond donors (Lipinski definition) is 0. The zero-order valence-corrected chi connectivity index (χ0v) is 43.2. The van der Waals surface area contributed by atoms with E-state index in [4.69, 9.17) is 0 Å². The van der Waals surface area contributed by atoms with Crippen molar-refractivity contribution in [1.29, 1.82) is 0 Å². The van der Waals surface area contributed by atoms with Crippen molar-refractivity contribution in [1.82, 2.24) is 4.57 Å². The molecule has 0 fully saturated rings. The number of benzene rings is 10. The molecule has 0 radical (unpaired) electrons. The highest BCUT2D eigenvalue weighted by molar-refractivity contribution is 6.27. The lowest BCUT2D eigenvalue weighted by molar-refractivity contribution is 0.569. The molecule has 1 aromatic heterocycles. The zero-order chi connectivity index (χ0) is 49.1. The molecule has 10 aromatic carbocycles. The van der Waals surface area contributed by atoms with Crippen molar-refractivity contribution in [2.24, 2.45) is 0 Å². The summed E-state index contributed by atoms with van der Waals surface area (Å²) in [5.74, 6) is 0. The molecule has 0 spiro atoms. The van der Waals surface area contributed by atoms with Gasteiger partial charge in [0.05, 0.1) is 28.1 Å². The van der Waals surface area contributed by atoms with Gasteiger partial charge in [0.25, 0.3) is 0 Å². The Hall–Kier alpha value is -7.16. The molecule has 0 aliphatic rings. The van der Waals surface area contributed by atoms with Crippen molar-refractivity contribution in [3.63, 3.8) is 0 Å². The standard InChI is InChI=1S/C68H66N2/c1-65(2,3)46-30-34-51(45-38-48(67(7,8)9)40-49(39-45)68(10,11)12)57(41-46)54-35-31-47(66(4,5)6)42-62(54)69(50-20-14-13-15-21-50)60-36-28-43-27-33-56-61(37-29-44-26-32-55(60)63(43)64(44)56)70-58-24-18-16-22-52(58)53-23-17-19-25-59(53)70/h13-42H,1-12H3. The lowest BCUT2D eigenvalue weighted by Gasteiger charge is -2.32. The predicted octanol–water partition coefficient (Wildman–Crippen LogP) is 19.7. The maximum atomic E-state index is 2.56. The molecule has 2 heteroatoms. The number of nitrogens with zero attached hydrogens (tertiary/aromatic N) is 2. The first-order valence-corrected chi connectivity index (χ1v) is 25.3.